The van der Waals surface area contributed by atoms with E-state index in [2.05, 4.69) is 41.8 Å². The molecule has 1 aliphatic heterocycles. The summed E-state index contributed by atoms with van der Waals surface area (Å²) in [5, 5.41) is 6.70. The maximum absolute atomic E-state index is 12.4. The number of benzene rings is 2. The zero-order valence-corrected chi connectivity index (χ0v) is 15.2. The van der Waals surface area contributed by atoms with Crippen molar-refractivity contribution in [3.8, 4) is 0 Å². The number of carbonyl (C=O) groups is 1. The van der Waals surface area contributed by atoms with Crippen molar-refractivity contribution in [2.45, 2.75) is 38.3 Å². The van der Waals surface area contributed by atoms with E-state index in [1.807, 2.05) is 24.3 Å². The molecular formula is C22H27N3O. The molecule has 1 aliphatic carbocycles. The van der Waals surface area contributed by atoms with E-state index in [-0.39, 0.29) is 23.9 Å². The van der Waals surface area contributed by atoms with Crippen LogP contribution in [0.25, 0.3) is 0 Å². The molecule has 2 aliphatic rings. The number of hydrogen-bond acceptors (Lipinski definition) is 3. The van der Waals surface area contributed by atoms with Crippen LogP contribution in [0, 0.1) is 11.8 Å². The number of carbonyl (C=O) groups excluding carboxylic acids is 1. The van der Waals surface area contributed by atoms with Gasteiger partial charge in [-0.25, -0.2) is 0 Å². The molecule has 2 aromatic carbocycles. The normalized spacial score (nSPS) is 24.5. The van der Waals surface area contributed by atoms with Gasteiger partial charge in [0.2, 0.25) is 0 Å². The monoisotopic (exact) mass is 349 g/mol. The van der Waals surface area contributed by atoms with Crippen LogP contribution in [0.3, 0.4) is 0 Å². The Bertz CT molecular complexity index is 785. The molecule has 4 N–H and O–H groups in total. The van der Waals surface area contributed by atoms with Crippen molar-refractivity contribution in [1.82, 2.24) is 5.32 Å². The molecule has 0 spiro atoms. The summed E-state index contributed by atoms with van der Waals surface area (Å²) in [7, 11) is 0. The average Bonchev–Trinajstić information content (AvgIpc) is 3.51. The van der Waals surface area contributed by atoms with E-state index in [0.717, 1.165) is 24.2 Å². The highest BCUT2D eigenvalue weighted by Crippen LogP contribution is 2.43. The van der Waals surface area contributed by atoms with Crippen LogP contribution in [0.4, 0.5) is 5.69 Å². The van der Waals surface area contributed by atoms with Gasteiger partial charge in [-0.1, -0.05) is 37.3 Å². The Kier molecular flexibility index (Phi) is 4.68. The summed E-state index contributed by atoms with van der Waals surface area (Å²) < 4.78 is 0. The molecule has 1 saturated carbocycles. The molecule has 4 nitrogen and oxygen atoms in total. The number of nitrogens with one attached hydrogen (secondary N) is 2. The van der Waals surface area contributed by atoms with Gasteiger partial charge in [-0.3, -0.25) is 4.79 Å². The fourth-order valence-corrected chi connectivity index (χ4v) is 3.97. The Morgan fingerprint density at radius 2 is 1.96 bits per heavy atom. The highest BCUT2D eigenvalue weighted by Gasteiger charge is 2.34. The third-order valence-electron chi connectivity index (χ3n) is 5.75. The molecular weight excluding hydrogens is 322 g/mol. The number of rotatable bonds is 5. The summed E-state index contributed by atoms with van der Waals surface area (Å²) >= 11 is 0. The lowest BCUT2D eigenvalue weighted by Crippen LogP contribution is -2.36. The zero-order valence-electron chi connectivity index (χ0n) is 15.2. The maximum Gasteiger partial charge on any atom is 0.251 e. The van der Waals surface area contributed by atoms with Crippen LogP contribution in [0.1, 0.15) is 59.8 Å². The lowest BCUT2D eigenvalue weighted by Gasteiger charge is -2.39. The number of amides is 1. The smallest absolute Gasteiger partial charge is 0.251 e. The lowest BCUT2D eigenvalue weighted by atomic mass is 9.78. The third-order valence-corrected chi connectivity index (χ3v) is 5.75. The first-order valence-electron chi connectivity index (χ1n) is 9.66. The molecule has 1 unspecified atom stereocenters. The number of anilines is 1. The van der Waals surface area contributed by atoms with E-state index in [0.29, 0.717) is 11.5 Å². The first-order valence-corrected chi connectivity index (χ1v) is 9.66. The average molecular weight is 349 g/mol. The van der Waals surface area contributed by atoms with Gasteiger partial charge in [-0.2, -0.15) is 0 Å². The van der Waals surface area contributed by atoms with Crippen LogP contribution in [-0.4, -0.2) is 12.5 Å². The Labute approximate surface area is 155 Å². The largest absolute Gasteiger partial charge is 0.378 e. The topological polar surface area (TPSA) is 67.2 Å². The molecule has 0 bridgehead atoms. The molecule has 4 heteroatoms. The van der Waals surface area contributed by atoms with Gasteiger partial charge in [0.15, 0.2) is 0 Å². The van der Waals surface area contributed by atoms with Crippen molar-refractivity contribution in [3.05, 3.63) is 65.2 Å². The highest BCUT2D eigenvalue weighted by atomic mass is 16.1. The van der Waals surface area contributed by atoms with Crippen LogP contribution in [0.5, 0.6) is 0 Å². The second-order valence-corrected chi connectivity index (χ2v) is 7.59. The van der Waals surface area contributed by atoms with Gasteiger partial charge in [0.05, 0.1) is 6.04 Å². The Morgan fingerprint density at radius 3 is 2.65 bits per heavy atom. The fraction of sp³-hybridized carbons (Fsp3) is 0.409. The summed E-state index contributed by atoms with van der Waals surface area (Å²) in [5.41, 5.74) is 10.7. The van der Waals surface area contributed by atoms with Gasteiger partial charge in [0.25, 0.3) is 5.91 Å². The van der Waals surface area contributed by atoms with Gasteiger partial charge in [-0.05, 0) is 54.5 Å². The Morgan fingerprint density at radius 1 is 1.19 bits per heavy atom. The van der Waals surface area contributed by atoms with Gasteiger partial charge in [0.1, 0.15) is 0 Å². The predicted molar refractivity (Wildman–Crippen MR) is 105 cm³/mol. The number of hydrogen-bond donors (Lipinski definition) is 3. The van der Waals surface area contributed by atoms with Crippen molar-refractivity contribution in [2.75, 3.05) is 11.9 Å². The summed E-state index contributed by atoms with van der Waals surface area (Å²) in [4.78, 5) is 12.4. The Balaban J connectivity index is 1.59. The second kappa shape index (κ2) is 7.12. The van der Waals surface area contributed by atoms with Crippen molar-refractivity contribution >= 4 is 11.6 Å². The quantitative estimate of drug-likeness (QED) is 0.764. The molecule has 1 fully saturated rings. The van der Waals surface area contributed by atoms with Crippen LogP contribution in [0.2, 0.25) is 0 Å². The van der Waals surface area contributed by atoms with Gasteiger partial charge in [-0.15, -0.1) is 0 Å². The fourth-order valence-electron chi connectivity index (χ4n) is 3.97. The zero-order chi connectivity index (χ0) is 18.1. The van der Waals surface area contributed by atoms with Crippen LogP contribution < -0.4 is 16.4 Å². The molecule has 1 heterocycles. The minimum absolute atomic E-state index is 0.00475. The van der Waals surface area contributed by atoms with Gasteiger partial charge < -0.3 is 16.4 Å². The van der Waals surface area contributed by atoms with Crippen molar-refractivity contribution in [3.63, 3.8) is 0 Å². The van der Waals surface area contributed by atoms with E-state index < -0.39 is 0 Å². The Hall–Kier alpha value is -2.33. The lowest BCUT2D eigenvalue weighted by molar-refractivity contribution is 0.0951. The minimum atomic E-state index is -0.0855. The predicted octanol–water partition coefficient (Wildman–Crippen LogP) is 4.02. The summed E-state index contributed by atoms with van der Waals surface area (Å²) in [6, 6.07) is 16.5. The van der Waals surface area contributed by atoms with Gasteiger partial charge >= 0.3 is 0 Å². The molecule has 0 radical (unpaired) electrons. The van der Waals surface area contributed by atoms with E-state index in [1.54, 1.807) is 0 Å². The molecule has 26 heavy (non-hydrogen) atoms. The van der Waals surface area contributed by atoms with Gasteiger partial charge in [0, 0.05) is 29.8 Å². The third kappa shape index (κ3) is 3.34. The van der Waals surface area contributed by atoms with Crippen molar-refractivity contribution in [2.24, 2.45) is 17.6 Å². The van der Waals surface area contributed by atoms with E-state index in [9.17, 15) is 4.79 Å². The van der Waals surface area contributed by atoms with Crippen molar-refractivity contribution < 1.29 is 4.79 Å². The highest BCUT2D eigenvalue weighted by molar-refractivity contribution is 5.95. The first-order chi connectivity index (χ1) is 12.7. The summed E-state index contributed by atoms with van der Waals surface area (Å²) in [6.45, 7) is 2.97. The maximum atomic E-state index is 12.4. The van der Waals surface area contributed by atoms with Crippen molar-refractivity contribution in [1.29, 1.82) is 0 Å². The SMILES string of the molecule is CC[C@H]1C(c2ccccc2)Nc2ccc(C(=O)NCC3CC3)cc2[C@H]1N. The molecule has 1 amide bonds. The molecule has 2 aromatic rings. The van der Waals surface area contributed by atoms with Crippen LogP contribution in [0.15, 0.2) is 48.5 Å². The molecule has 0 aromatic heterocycles. The molecule has 4 rings (SSSR count). The van der Waals surface area contributed by atoms with E-state index >= 15 is 0 Å². The first kappa shape index (κ1) is 17.1. The number of nitrogens with two attached hydrogens (primary N) is 1. The molecule has 3 atom stereocenters. The number of fused-ring (bicyclic) bond motifs is 1. The summed E-state index contributed by atoms with van der Waals surface area (Å²) in [5.74, 6) is 0.969. The standard InChI is InChI=1S/C22H27N3O/c1-2-17-20(23)18-12-16(22(26)24-13-14-8-9-14)10-11-19(18)25-21(17)15-6-4-3-5-7-15/h3-7,10-12,14,17,20-21,25H,2,8-9,13,23H2,1H3,(H,24,26)/t17-,20+,21?/m1/s1. The van der Waals surface area contributed by atoms with E-state index in [1.165, 1.54) is 18.4 Å². The van der Waals surface area contributed by atoms with Crippen LogP contribution in [-0.2, 0) is 0 Å². The summed E-state index contributed by atoms with van der Waals surface area (Å²) in [6.07, 6.45) is 3.45. The molecule has 0 saturated heterocycles. The van der Waals surface area contributed by atoms with Crippen LogP contribution >= 0.6 is 0 Å². The minimum Gasteiger partial charge on any atom is -0.378 e. The van der Waals surface area contributed by atoms with E-state index in [4.69, 9.17) is 5.73 Å². The second-order valence-electron chi connectivity index (χ2n) is 7.59. The molecule has 136 valence electrons.